The molecule has 0 N–H and O–H groups in total. The lowest BCUT2D eigenvalue weighted by Crippen LogP contribution is -2.12. The summed E-state index contributed by atoms with van der Waals surface area (Å²) >= 11 is 0. The van der Waals surface area contributed by atoms with E-state index >= 15 is 8.78 Å². The van der Waals surface area contributed by atoms with Crippen LogP contribution >= 0.6 is 0 Å². The van der Waals surface area contributed by atoms with Gasteiger partial charge in [0.2, 0.25) is 0 Å². The molecule has 6 heteroatoms. The molecular formula is C66H40F2N4. The van der Waals surface area contributed by atoms with Gasteiger partial charge in [-0.3, -0.25) is 0 Å². The highest BCUT2D eigenvalue weighted by Gasteiger charge is 2.24. The average molecular weight is 927 g/mol. The van der Waals surface area contributed by atoms with Gasteiger partial charge < -0.3 is 9.80 Å². The van der Waals surface area contributed by atoms with Gasteiger partial charge in [0.25, 0.3) is 0 Å². The normalized spacial score (nSPS) is 11.2. The fraction of sp³-hybridized carbons (Fsp3) is 0. The Morgan fingerprint density at radius 2 is 0.653 bits per heavy atom. The number of nitrogens with zero attached hydrogens (tertiary/aromatic N) is 4. The summed E-state index contributed by atoms with van der Waals surface area (Å²) in [5.41, 5.74) is 13.6. The molecule has 12 aromatic carbocycles. The second-order valence-electron chi connectivity index (χ2n) is 17.9. The molecule has 0 spiro atoms. The molecule has 0 heterocycles. The average Bonchev–Trinajstić information content (AvgIpc) is 3.43. The van der Waals surface area contributed by atoms with Crippen LogP contribution in [0.5, 0.6) is 0 Å². The first kappa shape index (κ1) is 43.4. The zero-order valence-electron chi connectivity index (χ0n) is 38.6. The zero-order valence-corrected chi connectivity index (χ0v) is 38.6. The molecule has 12 rings (SSSR count). The monoisotopic (exact) mass is 926 g/mol. The van der Waals surface area contributed by atoms with Crippen LogP contribution < -0.4 is 9.80 Å². The topological polar surface area (TPSA) is 54.1 Å². The molecule has 12 aromatic rings. The summed E-state index contributed by atoms with van der Waals surface area (Å²) in [6.07, 6.45) is 0. The number of rotatable bonds is 10. The molecule has 0 amide bonds. The van der Waals surface area contributed by atoms with Gasteiger partial charge in [-0.25, -0.2) is 8.78 Å². The number of halogens is 2. The first-order chi connectivity index (χ1) is 35.4. The first-order valence-electron chi connectivity index (χ1n) is 23.6. The minimum absolute atomic E-state index is 0.359. The molecule has 72 heavy (non-hydrogen) atoms. The van der Waals surface area contributed by atoms with Crippen molar-refractivity contribution in [3.05, 3.63) is 265 Å². The lowest BCUT2D eigenvalue weighted by atomic mass is 9.91. The summed E-state index contributed by atoms with van der Waals surface area (Å²) in [5.74, 6) is -0.718. The minimum Gasteiger partial charge on any atom is -0.310 e. The number of benzene rings is 12. The van der Waals surface area contributed by atoms with Gasteiger partial charge in [-0.1, -0.05) is 133 Å². The molecule has 0 unspecified atom stereocenters. The number of hydrogen-bond donors (Lipinski definition) is 0. The molecule has 0 radical (unpaired) electrons. The Morgan fingerprint density at radius 1 is 0.292 bits per heavy atom. The highest BCUT2D eigenvalue weighted by molar-refractivity contribution is 6.28. The second kappa shape index (κ2) is 18.2. The van der Waals surface area contributed by atoms with Gasteiger partial charge in [-0.2, -0.15) is 10.5 Å². The molecule has 0 aliphatic carbocycles. The van der Waals surface area contributed by atoms with Gasteiger partial charge in [0.05, 0.1) is 34.6 Å². The largest absolute Gasteiger partial charge is 0.310 e. The van der Waals surface area contributed by atoms with Crippen LogP contribution in [0.3, 0.4) is 0 Å². The van der Waals surface area contributed by atoms with E-state index in [1.807, 2.05) is 97.1 Å². The van der Waals surface area contributed by atoms with E-state index in [0.29, 0.717) is 22.5 Å². The first-order valence-corrected chi connectivity index (χ1v) is 23.6. The van der Waals surface area contributed by atoms with Crippen molar-refractivity contribution in [2.24, 2.45) is 0 Å². The maximum Gasteiger partial charge on any atom is 0.125 e. The van der Waals surface area contributed by atoms with Gasteiger partial charge >= 0.3 is 0 Å². The van der Waals surface area contributed by atoms with Gasteiger partial charge in [-0.05, 0) is 175 Å². The van der Waals surface area contributed by atoms with Crippen molar-refractivity contribution in [3.63, 3.8) is 0 Å². The third kappa shape index (κ3) is 7.99. The molecule has 0 bridgehead atoms. The highest BCUT2D eigenvalue weighted by Crippen LogP contribution is 2.49. The van der Waals surface area contributed by atoms with E-state index in [4.69, 9.17) is 0 Å². The summed E-state index contributed by atoms with van der Waals surface area (Å²) in [5, 5.41) is 25.3. The molecule has 0 aliphatic heterocycles. The van der Waals surface area contributed by atoms with Crippen LogP contribution in [0.2, 0.25) is 0 Å². The van der Waals surface area contributed by atoms with Crippen molar-refractivity contribution in [1.29, 1.82) is 10.5 Å². The lowest BCUT2D eigenvalue weighted by Gasteiger charge is -2.30. The van der Waals surface area contributed by atoms with Crippen molar-refractivity contribution >= 4 is 66.4 Å². The number of hydrogen-bond acceptors (Lipinski definition) is 4. The SMILES string of the molecule is N#Cc1ccc(-c2cc(-c3ccccc3)cc(N(c3cccc(F)c3)c3ccc4ccc5c(N(c6cccc(F)c6)c6cc(-c7ccccc7)cc(-c7ccc(C#N)cc7)c6)ccc6ccc3c4c65)c2)cc1. The lowest BCUT2D eigenvalue weighted by molar-refractivity contribution is 0.627. The summed E-state index contributed by atoms with van der Waals surface area (Å²) < 4.78 is 31.1. The van der Waals surface area contributed by atoms with Crippen molar-refractivity contribution in [2.45, 2.75) is 0 Å². The molecule has 0 fully saturated rings. The van der Waals surface area contributed by atoms with Crippen LogP contribution in [0.4, 0.5) is 42.9 Å². The molecule has 4 nitrogen and oxygen atoms in total. The van der Waals surface area contributed by atoms with Crippen LogP contribution in [-0.2, 0) is 0 Å². The van der Waals surface area contributed by atoms with E-state index in [-0.39, 0.29) is 11.6 Å². The molecular weight excluding hydrogens is 887 g/mol. The number of anilines is 6. The van der Waals surface area contributed by atoms with Crippen LogP contribution in [0.15, 0.2) is 243 Å². The predicted molar refractivity (Wildman–Crippen MR) is 291 cm³/mol. The molecule has 0 saturated heterocycles. The van der Waals surface area contributed by atoms with Crippen molar-refractivity contribution < 1.29 is 8.78 Å². The van der Waals surface area contributed by atoms with Crippen LogP contribution in [0.25, 0.3) is 76.8 Å². The van der Waals surface area contributed by atoms with Crippen molar-refractivity contribution in [1.82, 2.24) is 0 Å². The van der Waals surface area contributed by atoms with Gasteiger partial charge in [-0.15, -0.1) is 0 Å². The number of nitriles is 2. The maximum atomic E-state index is 15.6. The highest BCUT2D eigenvalue weighted by atomic mass is 19.1. The third-order valence-corrected chi connectivity index (χ3v) is 13.5. The van der Waals surface area contributed by atoms with Crippen LogP contribution in [0, 0.1) is 34.3 Å². The van der Waals surface area contributed by atoms with Crippen LogP contribution in [0.1, 0.15) is 11.1 Å². The molecule has 0 aliphatic rings. The standard InChI is InChI=1S/C66H40F2N4/c67-55-13-7-15-57(39-55)71(59-35-51(45-9-3-1-4-10-45)33-53(37-59)47-21-17-43(41-69)18-22-47)63-31-27-49-26-30-62-64(32-28-50-25-29-61(63)65(49)66(50)62)72(58-16-8-14-56(68)40-58)60-36-52(46-11-5-2-6-12-46)34-54(38-60)48-23-19-44(42-70)20-24-48/h1-40H. The van der Waals surface area contributed by atoms with Crippen molar-refractivity contribution in [2.75, 3.05) is 9.80 Å². The summed E-state index contributed by atoms with van der Waals surface area (Å²) in [4.78, 5) is 4.27. The molecule has 0 aromatic heterocycles. The minimum atomic E-state index is -0.359. The molecule has 0 saturated carbocycles. The van der Waals surface area contributed by atoms with E-state index in [0.717, 1.165) is 99.6 Å². The second-order valence-corrected chi connectivity index (χ2v) is 17.9. The Bertz CT molecular complexity index is 3820. The van der Waals surface area contributed by atoms with E-state index in [1.54, 1.807) is 24.3 Å². The fourth-order valence-corrected chi connectivity index (χ4v) is 10.1. The van der Waals surface area contributed by atoms with E-state index in [9.17, 15) is 10.5 Å². The fourth-order valence-electron chi connectivity index (χ4n) is 10.1. The third-order valence-electron chi connectivity index (χ3n) is 13.5. The summed E-state index contributed by atoms with van der Waals surface area (Å²) in [6.45, 7) is 0. The molecule has 338 valence electrons. The summed E-state index contributed by atoms with van der Waals surface area (Å²) in [7, 11) is 0. The van der Waals surface area contributed by atoms with Crippen molar-refractivity contribution in [3.8, 4) is 56.6 Å². The van der Waals surface area contributed by atoms with E-state index in [2.05, 4.69) is 131 Å². The predicted octanol–water partition coefficient (Wildman–Crippen LogP) is 18.2. The van der Waals surface area contributed by atoms with Gasteiger partial charge in [0.1, 0.15) is 11.6 Å². The smallest absolute Gasteiger partial charge is 0.125 e. The van der Waals surface area contributed by atoms with E-state index < -0.39 is 0 Å². The maximum absolute atomic E-state index is 15.6. The zero-order chi connectivity index (χ0) is 48.7. The molecule has 0 atom stereocenters. The van der Waals surface area contributed by atoms with E-state index in [1.165, 1.54) is 12.1 Å². The van der Waals surface area contributed by atoms with Gasteiger partial charge in [0, 0.05) is 33.5 Å². The Balaban J connectivity index is 1.10. The Kier molecular flexibility index (Phi) is 11.0. The van der Waals surface area contributed by atoms with Gasteiger partial charge in [0.15, 0.2) is 0 Å². The van der Waals surface area contributed by atoms with Crippen LogP contribution in [-0.4, -0.2) is 0 Å². The Labute approximate surface area is 415 Å². The summed E-state index contributed by atoms with van der Waals surface area (Å²) in [6, 6.07) is 83.4. The quantitative estimate of drug-likeness (QED) is 0.128. The Hall–Kier alpha value is -9.88. The Morgan fingerprint density at radius 3 is 1.01 bits per heavy atom.